The number of rotatable bonds is 15. The van der Waals surface area contributed by atoms with Crippen LogP contribution < -0.4 is 16.4 Å². The number of carboxylic acids is 1. The third-order valence-corrected chi connectivity index (χ3v) is 9.66. The van der Waals surface area contributed by atoms with Gasteiger partial charge in [-0.05, 0) is 36.8 Å². The first-order valence-electron chi connectivity index (χ1n) is 12.7. The molecule has 0 radical (unpaired) electrons. The zero-order valence-corrected chi connectivity index (χ0v) is 25.0. The number of hydrogen-bond donors (Lipinski definition) is 4. The van der Waals surface area contributed by atoms with Gasteiger partial charge in [0.15, 0.2) is 6.10 Å². The molecule has 2 amide bonds. The summed E-state index contributed by atoms with van der Waals surface area (Å²) in [5.74, 6) is -0.822. The molecule has 1 aliphatic heterocycles. The van der Waals surface area contributed by atoms with E-state index in [0.29, 0.717) is 37.4 Å². The first-order valence-corrected chi connectivity index (χ1v) is 16.4. The van der Waals surface area contributed by atoms with Gasteiger partial charge in [0.05, 0.1) is 24.9 Å². The number of amides is 2. The lowest BCUT2D eigenvalue weighted by molar-refractivity contribution is -0.169. The number of nitrogens with one attached hydrogen (secondary N) is 2. The standard InChI is InChI=1S/C26H41N3O6S3/c1-26(2,3)38-37-16-19(27)23(30)28-14-18-10-11-21(34-15-17-8-6-5-7-9-17)22(35-18)24(31)29-20(25(32)33)12-13-36-4/h5-9,18-22H,10-16,27H2,1-4H3,(H,28,30)(H,29,31)(H,32,33)/t18-,19+,20+,21+,22+/m1/s1. The van der Waals surface area contributed by atoms with Crippen LogP contribution in [0.25, 0.3) is 0 Å². The van der Waals surface area contributed by atoms with Crippen LogP contribution in [0.5, 0.6) is 0 Å². The fraction of sp³-hybridized carbons (Fsp3) is 0.654. The minimum Gasteiger partial charge on any atom is -0.480 e. The number of ether oxygens (including phenoxy) is 2. The van der Waals surface area contributed by atoms with Gasteiger partial charge in [0, 0.05) is 17.0 Å². The average molecular weight is 588 g/mol. The lowest BCUT2D eigenvalue weighted by atomic mass is 9.99. The zero-order chi connectivity index (χ0) is 28.1. The maximum atomic E-state index is 13.2. The first kappa shape index (κ1) is 32.8. The monoisotopic (exact) mass is 587 g/mol. The Kier molecular flexibility index (Phi) is 14.3. The van der Waals surface area contributed by atoms with Crippen LogP contribution in [0.1, 0.15) is 45.6 Å². The number of benzene rings is 1. The minimum atomic E-state index is -1.09. The van der Waals surface area contributed by atoms with E-state index < -0.39 is 42.3 Å². The number of carbonyl (C=O) groups excluding carboxylic acids is 2. The third-order valence-electron chi connectivity index (χ3n) is 5.64. The molecule has 1 fully saturated rings. The molecule has 5 N–H and O–H groups in total. The van der Waals surface area contributed by atoms with Gasteiger partial charge in [-0.3, -0.25) is 9.59 Å². The summed E-state index contributed by atoms with van der Waals surface area (Å²) in [7, 11) is 3.23. The van der Waals surface area contributed by atoms with Gasteiger partial charge in [-0.1, -0.05) is 72.7 Å². The van der Waals surface area contributed by atoms with E-state index in [1.54, 1.807) is 21.6 Å². The molecule has 1 aromatic rings. The van der Waals surface area contributed by atoms with E-state index in [4.69, 9.17) is 15.2 Å². The molecule has 0 aromatic heterocycles. The van der Waals surface area contributed by atoms with Crippen LogP contribution in [0.3, 0.4) is 0 Å². The van der Waals surface area contributed by atoms with Crippen molar-refractivity contribution >= 4 is 51.1 Å². The van der Waals surface area contributed by atoms with Gasteiger partial charge in [0.25, 0.3) is 5.91 Å². The van der Waals surface area contributed by atoms with Gasteiger partial charge in [-0.15, -0.1) is 0 Å². The van der Waals surface area contributed by atoms with Gasteiger partial charge in [0.2, 0.25) is 5.91 Å². The molecule has 12 heteroatoms. The number of carbonyl (C=O) groups is 3. The maximum Gasteiger partial charge on any atom is 0.326 e. The Morgan fingerprint density at radius 3 is 2.55 bits per heavy atom. The summed E-state index contributed by atoms with van der Waals surface area (Å²) < 4.78 is 12.2. The quantitative estimate of drug-likeness (QED) is 0.226. The Morgan fingerprint density at radius 2 is 1.92 bits per heavy atom. The minimum absolute atomic E-state index is 0.0700. The van der Waals surface area contributed by atoms with Gasteiger partial charge in [0.1, 0.15) is 6.04 Å². The number of carboxylic acid groups (broad SMARTS) is 1. The highest BCUT2D eigenvalue weighted by Gasteiger charge is 2.38. The van der Waals surface area contributed by atoms with Gasteiger partial charge in [-0.2, -0.15) is 11.8 Å². The molecule has 1 aliphatic rings. The van der Waals surface area contributed by atoms with E-state index in [9.17, 15) is 19.5 Å². The van der Waals surface area contributed by atoms with Gasteiger partial charge < -0.3 is 30.9 Å². The SMILES string of the molecule is CSCC[C@H](NC(=O)[C@H]1O[C@@H](CNC(=O)[C@@H](N)CSSC(C)(C)C)CC[C@@H]1OCc1ccccc1)C(=O)O. The highest BCUT2D eigenvalue weighted by atomic mass is 33.1. The number of thioether (sulfide) groups is 1. The predicted octanol–water partition coefficient (Wildman–Crippen LogP) is 3.07. The van der Waals surface area contributed by atoms with Crippen LogP contribution >= 0.6 is 33.3 Å². The van der Waals surface area contributed by atoms with E-state index in [2.05, 4.69) is 31.4 Å². The molecule has 0 bridgehead atoms. The largest absolute Gasteiger partial charge is 0.480 e. The highest BCUT2D eigenvalue weighted by molar-refractivity contribution is 8.77. The molecule has 0 saturated carbocycles. The summed E-state index contributed by atoms with van der Waals surface area (Å²) in [6.45, 7) is 6.80. The van der Waals surface area contributed by atoms with E-state index in [1.807, 2.05) is 36.6 Å². The fourth-order valence-corrected chi connectivity index (χ4v) is 6.54. The molecule has 38 heavy (non-hydrogen) atoms. The Labute approximate surface area is 237 Å². The molecule has 1 heterocycles. The maximum absolute atomic E-state index is 13.2. The lowest BCUT2D eigenvalue weighted by Crippen LogP contribution is -2.55. The molecular formula is C26H41N3O6S3. The number of nitrogens with two attached hydrogens (primary N) is 1. The van der Waals surface area contributed by atoms with Crippen molar-refractivity contribution in [2.24, 2.45) is 5.73 Å². The Hall–Kier alpha value is -1.44. The molecule has 5 atom stereocenters. The molecule has 0 spiro atoms. The Morgan fingerprint density at radius 1 is 1.21 bits per heavy atom. The van der Waals surface area contributed by atoms with E-state index in [1.165, 1.54) is 11.8 Å². The van der Waals surface area contributed by atoms with Crippen molar-refractivity contribution in [3.8, 4) is 0 Å². The molecule has 9 nitrogen and oxygen atoms in total. The van der Waals surface area contributed by atoms with Crippen molar-refractivity contribution in [1.82, 2.24) is 10.6 Å². The van der Waals surface area contributed by atoms with Crippen molar-refractivity contribution in [2.45, 2.75) is 81.8 Å². The Bertz CT molecular complexity index is 887. The van der Waals surface area contributed by atoms with E-state index in [-0.39, 0.29) is 17.2 Å². The third kappa shape index (κ3) is 12.2. The summed E-state index contributed by atoms with van der Waals surface area (Å²) in [5.41, 5.74) is 7.01. The summed E-state index contributed by atoms with van der Waals surface area (Å²) in [4.78, 5) is 37.4. The molecular weight excluding hydrogens is 547 g/mol. The highest BCUT2D eigenvalue weighted by Crippen LogP contribution is 2.35. The smallest absolute Gasteiger partial charge is 0.326 e. The van der Waals surface area contributed by atoms with Crippen LogP contribution in [0.4, 0.5) is 0 Å². The van der Waals surface area contributed by atoms with E-state index in [0.717, 1.165) is 5.56 Å². The first-order chi connectivity index (χ1) is 18.0. The van der Waals surface area contributed by atoms with Crippen molar-refractivity contribution in [3.05, 3.63) is 35.9 Å². The molecule has 1 aromatic carbocycles. The molecule has 0 unspecified atom stereocenters. The molecule has 1 saturated heterocycles. The van der Waals surface area contributed by atoms with Crippen LogP contribution in [0.15, 0.2) is 30.3 Å². The van der Waals surface area contributed by atoms with Crippen molar-refractivity contribution in [2.75, 3.05) is 24.3 Å². The topological polar surface area (TPSA) is 140 Å². The van der Waals surface area contributed by atoms with Crippen LogP contribution in [-0.2, 0) is 30.5 Å². The van der Waals surface area contributed by atoms with Crippen molar-refractivity contribution < 1.29 is 29.0 Å². The van der Waals surface area contributed by atoms with E-state index >= 15 is 0 Å². The second kappa shape index (κ2) is 16.6. The number of aliphatic carboxylic acids is 1. The van der Waals surface area contributed by atoms with Crippen LogP contribution in [-0.4, -0.2) is 82.3 Å². The van der Waals surface area contributed by atoms with Crippen molar-refractivity contribution in [1.29, 1.82) is 0 Å². The van der Waals surface area contributed by atoms with Crippen LogP contribution in [0, 0.1) is 0 Å². The summed E-state index contributed by atoms with van der Waals surface area (Å²) >= 11 is 1.51. The van der Waals surface area contributed by atoms with Gasteiger partial charge in [-0.25, -0.2) is 4.79 Å². The van der Waals surface area contributed by atoms with Crippen molar-refractivity contribution in [3.63, 3.8) is 0 Å². The molecule has 0 aliphatic carbocycles. The predicted molar refractivity (Wildman–Crippen MR) is 156 cm³/mol. The summed E-state index contributed by atoms with van der Waals surface area (Å²) in [6.07, 6.45) is 1.30. The van der Waals surface area contributed by atoms with Crippen LogP contribution in [0.2, 0.25) is 0 Å². The molecule has 214 valence electrons. The molecule has 2 rings (SSSR count). The second-order valence-electron chi connectivity index (χ2n) is 10.1. The van der Waals surface area contributed by atoms with Gasteiger partial charge >= 0.3 is 5.97 Å². The summed E-state index contributed by atoms with van der Waals surface area (Å²) in [5, 5.41) is 15.0. The second-order valence-corrected chi connectivity index (χ2v) is 14.3. The lowest BCUT2D eigenvalue weighted by Gasteiger charge is -2.36. The average Bonchev–Trinajstić information content (AvgIpc) is 2.88. The zero-order valence-electron chi connectivity index (χ0n) is 22.5. The number of hydrogen-bond acceptors (Lipinski definition) is 9. The summed E-state index contributed by atoms with van der Waals surface area (Å²) in [6, 6.07) is 7.92. The Balaban J connectivity index is 1.98. The normalized spacial score (nSPS) is 21.3. The fourth-order valence-electron chi connectivity index (χ4n) is 3.65.